The van der Waals surface area contributed by atoms with Crippen molar-refractivity contribution >= 4 is 23.0 Å². The highest BCUT2D eigenvalue weighted by molar-refractivity contribution is 5.97. The molecule has 0 saturated carbocycles. The average molecular weight is 230 g/mol. The molecule has 4 N–H and O–H groups in total. The van der Waals surface area contributed by atoms with Crippen LogP contribution in [-0.2, 0) is 0 Å². The van der Waals surface area contributed by atoms with Crippen molar-refractivity contribution in [2.45, 2.75) is 0 Å². The second kappa shape index (κ2) is 4.48. The van der Waals surface area contributed by atoms with E-state index in [1.165, 1.54) is 12.4 Å². The Morgan fingerprint density at radius 3 is 2.65 bits per heavy atom. The molecule has 0 saturated heterocycles. The standard InChI is InChI=1S/C11H10N4O2/c12-10-8(11(16)17)2-1-3-9(10)15-7-4-13-6-14-5-7/h1-6,15H,12H2,(H,16,17). The number of hydrogen-bond donors (Lipinski definition) is 3. The lowest BCUT2D eigenvalue weighted by Gasteiger charge is -2.10. The van der Waals surface area contributed by atoms with Crippen molar-refractivity contribution in [2.24, 2.45) is 0 Å². The zero-order valence-corrected chi connectivity index (χ0v) is 8.79. The minimum atomic E-state index is -1.06. The van der Waals surface area contributed by atoms with Gasteiger partial charge in [-0.15, -0.1) is 0 Å². The number of anilines is 3. The van der Waals surface area contributed by atoms with Gasteiger partial charge in [0.05, 0.1) is 35.0 Å². The second-order valence-corrected chi connectivity index (χ2v) is 3.32. The molecule has 1 aromatic heterocycles. The number of carboxylic acid groups (broad SMARTS) is 1. The SMILES string of the molecule is Nc1c(Nc2cncnc2)cccc1C(=O)O. The second-order valence-electron chi connectivity index (χ2n) is 3.32. The Labute approximate surface area is 97.1 Å². The fourth-order valence-corrected chi connectivity index (χ4v) is 1.38. The van der Waals surface area contributed by atoms with Crippen molar-refractivity contribution < 1.29 is 9.90 Å². The first-order chi connectivity index (χ1) is 8.18. The number of carbonyl (C=O) groups is 1. The Hall–Kier alpha value is -2.63. The van der Waals surface area contributed by atoms with Gasteiger partial charge in [-0.25, -0.2) is 14.8 Å². The molecule has 86 valence electrons. The van der Waals surface area contributed by atoms with Gasteiger partial charge in [-0.2, -0.15) is 0 Å². The Morgan fingerprint density at radius 2 is 2.00 bits per heavy atom. The zero-order valence-electron chi connectivity index (χ0n) is 8.79. The third-order valence-electron chi connectivity index (χ3n) is 2.18. The number of nitrogens with two attached hydrogens (primary N) is 1. The number of para-hydroxylation sites is 1. The first kappa shape index (κ1) is 10.9. The highest BCUT2D eigenvalue weighted by atomic mass is 16.4. The highest BCUT2D eigenvalue weighted by Crippen LogP contribution is 2.25. The number of hydrogen-bond acceptors (Lipinski definition) is 5. The van der Waals surface area contributed by atoms with E-state index in [0.717, 1.165) is 0 Å². The monoisotopic (exact) mass is 230 g/mol. The molecule has 0 atom stereocenters. The smallest absolute Gasteiger partial charge is 0.337 e. The summed E-state index contributed by atoms with van der Waals surface area (Å²) < 4.78 is 0. The van der Waals surface area contributed by atoms with Crippen LogP contribution in [0.25, 0.3) is 0 Å². The molecule has 0 unspecified atom stereocenters. The van der Waals surface area contributed by atoms with E-state index in [1.807, 2.05) is 0 Å². The Balaban J connectivity index is 2.34. The van der Waals surface area contributed by atoms with E-state index in [0.29, 0.717) is 11.4 Å². The molecule has 0 aliphatic heterocycles. The molecule has 1 heterocycles. The van der Waals surface area contributed by atoms with Gasteiger partial charge in [0.25, 0.3) is 0 Å². The van der Waals surface area contributed by atoms with E-state index in [4.69, 9.17) is 10.8 Å². The summed E-state index contributed by atoms with van der Waals surface area (Å²) in [7, 11) is 0. The van der Waals surface area contributed by atoms with Crippen LogP contribution in [0.1, 0.15) is 10.4 Å². The van der Waals surface area contributed by atoms with Gasteiger partial charge in [0, 0.05) is 0 Å². The number of nitrogen functional groups attached to an aromatic ring is 1. The van der Waals surface area contributed by atoms with E-state index >= 15 is 0 Å². The summed E-state index contributed by atoms with van der Waals surface area (Å²) in [5.41, 5.74) is 7.15. The van der Waals surface area contributed by atoms with Crippen molar-refractivity contribution in [1.82, 2.24) is 9.97 Å². The summed E-state index contributed by atoms with van der Waals surface area (Å²) in [5, 5.41) is 11.9. The summed E-state index contributed by atoms with van der Waals surface area (Å²) in [6.07, 6.45) is 4.54. The highest BCUT2D eigenvalue weighted by Gasteiger charge is 2.10. The quantitative estimate of drug-likeness (QED) is 0.691. The van der Waals surface area contributed by atoms with Gasteiger partial charge in [0.15, 0.2) is 0 Å². The third kappa shape index (κ3) is 2.31. The topological polar surface area (TPSA) is 101 Å². The van der Waals surface area contributed by atoms with E-state index in [9.17, 15) is 4.79 Å². The van der Waals surface area contributed by atoms with Crippen molar-refractivity contribution in [2.75, 3.05) is 11.1 Å². The Kier molecular flexibility index (Phi) is 2.87. The first-order valence-corrected chi connectivity index (χ1v) is 4.82. The number of nitrogens with zero attached hydrogens (tertiary/aromatic N) is 2. The van der Waals surface area contributed by atoms with E-state index in [2.05, 4.69) is 15.3 Å². The van der Waals surface area contributed by atoms with Crippen LogP contribution in [0, 0.1) is 0 Å². The summed E-state index contributed by atoms with van der Waals surface area (Å²) in [6, 6.07) is 4.76. The Morgan fingerprint density at radius 1 is 1.29 bits per heavy atom. The predicted octanol–water partition coefficient (Wildman–Crippen LogP) is 1.50. The normalized spacial score (nSPS) is 9.88. The molecule has 17 heavy (non-hydrogen) atoms. The van der Waals surface area contributed by atoms with Crippen molar-refractivity contribution in [3.05, 3.63) is 42.5 Å². The molecule has 0 amide bonds. The number of nitrogens with one attached hydrogen (secondary N) is 1. The molecule has 2 aromatic rings. The predicted molar refractivity (Wildman–Crippen MR) is 63.1 cm³/mol. The van der Waals surface area contributed by atoms with Gasteiger partial charge >= 0.3 is 5.97 Å². The lowest BCUT2D eigenvalue weighted by atomic mass is 10.1. The number of rotatable bonds is 3. The average Bonchev–Trinajstić information content (AvgIpc) is 2.33. The largest absolute Gasteiger partial charge is 0.478 e. The molecule has 6 heteroatoms. The zero-order chi connectivity index (χ0) is 12.3. The number of benzene rings is 1. The van der Waals surface area contributed by atoms with Crippen LogP contribution in [0.5, 0.6) is 0 Å². The van der Waals surface area contributed by atoms with Gasteiger partial charge < -0.3 is 16.2 Å². The maximum absolute atomic E-state index is 10.9. The summed E-state index contributed by atoms with van der Waals surface area (Å²) >= 11 is 0. The third-order valence-corrected chi connectivity index (χ3v) is 2.18. The van der Waals surface area contributed by atoms with Crippen LogP contribution in [0.4, 0.5) is 17.1 Å². The van der Waals surface area contributed by atoms with Crippen LogP contribution < -0.4 is 11.1 Å². The molecular formula is C11H10N4O2. The van der Waals surface area contributed by atoms with Crippen molar-refractivity contribution in [1.29, 1.82) is 0 Å². The molecule has 2 rings (SSSR count). The number of aromatic carboxylic acids is 1. The summed E-state index contributed by atoms with van der Waals surface area (Å²) in [5.74, 6) is -1.06. The first-order valence-electron chi connectivity index (χ1n) is 4.82. The summed E-state index contributed by atoms with van der Waals surface area (Å²) in [6.45, 7) is 0. The van der Waals surface area contributed by atoms with Gasteiger partial charge in [-0.3, -0.25) is 0 Å². The fourth-order valence-electron chi connectivity index (χ4n) is 1.38. The van der Waals surface area contributed by atoms with Crippen LogP contribution in [0.2, 0.25) is 0 Å². The van der Waals surface area contributed by atoms with Crippen LogP contribution >= 0.6 is 0 Å². The maximum atomic E-state index is 10.9. The fraction of sp³-hybridized carbons (Fsp3) is 0. The molecule has 0 radical (unpaired) electrons. The lowest BCUT2D eigenvalue weighted by Crippen LogP contribution is -2.05. The van der Waals surface area contributed by atoms with Crippen molar-refractivity contribution in [3.63, 3.8) is 0 Å². The molecule has 0 fully saturated rings. The van der Waals surface area contributed by atoms with Gasteiger partial charge in [0.2, 0.25) is 0 Å². The molecular weight excluding hydrogens is 220 g/mol. The molecule has 0 spiro atoms. The van der Waals surface area contributed by atoms with Gasteiger partial charge in [-0.05, 0) is 12.1 Å². The lowest BCUT2D eigenvalue weighted by molar-refractivity contribution is 0.0698. The molecule has 6 nitrogen and oxygen atoms in total. The maximum Gasteiger partial charge on any atom is 0.337 e. The van der Waals surface area contributed by atoms with Crippen LogP contribution in [-0.4, -0.2) is 21.0 Å². The van der Waals surface area contributed by atoms with Crippen LogP contribution in [0.15, 0.2) is 36.9 Å². The number of aromatic nitrogens is 2. The molecule has 0 bridgehead atoms. The summed E-state index contributed by atoms with van der Waals surface area (Å²) in [4.78, 5) is 18.6. The number of carboxylic acids is 1. The van der Waals surface area contributed by atoms with E-state index < -0.39 is 5.97 Å². The van der Waals surface area contributed by atoms with Gasteiger partial charge in [0.1, 0.15) is 6.33 Å². The molecule has 1 aromatic carbocycles. The minimum Gasteiger partial charge on any atom is -0.478 e. The van der Waals surface area contributed by atoms with Gasteiger partial charge in [-0.1, -0.05) is 6.07 Å². The van der Waals surface area contributed by atoms with Crippen molar-refractivity contribution in [3.8, 4) is 0 Å². The minimum absolute atomic E-state index is 0.0619. The molecule has 0 aliphatic carbocycles. The Bertz CT molecular complexity index is 542. The van der Waals surface area contributed by atoms with Crippen LogP contribution in [0.3, 0.4) is 0 Å². The van der Waals surface area contributed by atoms with E-state index in [-0.39, 0.29) is 11.3 Å². The molecule has 0 aliphatic rings. The van der Waals surface area contributed by atoms with E-state index in [1.54, 1.807) is 24.5 Å².